The van der Waals surface area contributed by atoms with E-state index in [1.54, 1.807) is 12.1 Å². The van der Waals surface area contributed by atoms with Crippen LogP contribution in [-0.4, -0.2) is 57.4 Å². The maximum Gasteiger partial charge on any atom is 0.294 e. The largest absolute Gasteiger partial charge is 0.325 e. The van der Waals surface area contributed by atoms with Crippen molar-refractivity contribution in [1.82, 2.24) is 0 Å². The second-order valence-electron chi connectivity index (χ2n) is 5.21. The van der Waals surface area contributed by atoms with Crippen LogP contribution < -0.4 is 0 Å². The molecule has 0 spiro atoms. The Labute approximate surface area is 128 Å². The van der Waals surface area contributed by atoms with Crippen LogP contribution in [0.4, 0.5) is 0 Å². The molecule has 0 aliphatic heterocycles. The van der Waals surface area contributed by atoms with Gasteiger partial charge in [-0.1, -0.05) is 17.7 Å². The quantitative estimate of drug-likeness (QED) is 0.498. The number of benzene rings is 1. The molecule has 0 saturated heterocycles. The predicted molar refractivity (Wildman–Crippen MR) is 87.5 cm³/mol. The molecule has 1 aromatic rings. The van der Waals surface area contributed by atoms with Crippen LogP contribution in [0.15, 0.2) is 34.2 Å². The number of hydrogen-bond donors (Lipinski definition) is 1. The summed E-state index contributed by atoms with van der Waals surface area (Å²) < 4.78 is 30.7. The monoisotopic (exact) mass is 315 g/mol. The maximum atomic E-state index is 10.5. The van der Waals surface area contributed by atoms with E-state index in [0.29, 0.717) is 0 Å². The average molecular weight is 315 g/mol. The van der Waals surface area contributed by atoms with E-state index in [1.165, 1.54) is 25.2 Å². The Morgan fingerprint density at radius 3 is 2.00 bits per heavy atom. The van der Waals surface area contributed by atoms with Crippen molar-refractivity contribution in [1.29, 1.82) is 0 Å². The van der Waals surface area contributed by atoms with Gasteiger partial charge in [0.05, 0.1) is 38.1 Å². The summed E-state index contributed by atoms with van der Waals surface area (Å²) in [5.74, 6) is 0. The molecule has 0 radical (unpaired) electrons. The summed E-state index contributed by atoms with van der Waals surface area (Å²) in [6.07, 6.45) is 0. The lowest BCUT2D eigenvalue weighted by Crippen LogP contribution is -2.45. The van der Waals surface area contributed by atoms with Gasteiger partial charge in [0.15, 0.2) is 0 Å². The van der Waals surface area contributed by atoms with Gasteiger partial charge in [0.1, 0.15) is 0 Å². The Bertz CT molecular complexity index is 520. The van der Waals surface area contributed by atoms with Gasteiger partial charge in [-0.05, 0) is 39.6 Å². The maximum absolute atomic E-state index is 10.5. The molecule has 0 atom stereocenters. The van der Waals surface area contributed by atoms with Crippen molar-refractivity contribution in [2.45, 2.75) is 25.7 Å². The lowest BCUT2D eigenvalue weighted by atomic mass is 10.2. The molecule has 0 aliphatic carbocycles. The zero-order valence-electron chi connectivity index (χ0n) is 13.4. The van der Waals surface area contributed by atoms with E-state index in [2.05, 4.69) is 32.6 Å². The highest BCUT2D eigenvalue weighted by molar-refractivity contribution is 7.85. The molecule has 0 aliphatic rings. The first-order valence-electron chi connectivity index (χ1n) is 6.98. The summed E-state index contributed by atoms with van der Waals surface area (Å²) in [6.45, 7) is 14.1. The van der Waals surface area contributed by atoms with Gasteiger partial charge in [-0.25, -0.2) is 0 Å². The third-order valence-electron chi connectivity index (χ3n) is 3.64. The number of hydrogen-bond acceptors (Lipinski definition) is 3. The minimum Gasteiger partial charge on any atom is -0.325 e. The second-order valence-corrected chi connectivity index (χ2v) is 6.63. The lowest BCUT2D eigenvalue weighted by Gasteiger charge is -2.31. The number of quaternary nitrogens is 1. The average Bonchev–Trinajstić information content (AvgIpc) is 2.45. The highest BCUT2D eigenvalue weighted by atomic mass is 32.2. The van der Waals surface area contributed by atoms with Crippen molar-refractivity contribution >= 4 is 16.8 Å². The van der Waals surface area contributed by atoms with Gasteiger partial charge < -0.3 is 4.48 Å². The molecule has 1 rings (SSSR count). The van der Waals surface area contributed by atoms with Gasteiger partial charge in [-0.3, -0.25) is 9.55 Å². The van der Waals surface area contributed by atoms with Crippen molar-refractivity contribution in [3.8, 4) is 0 Å². The fourth-order valence-corrected chi connectivity index (χ4v) is 2.04. The van der Waals surface area contributed by atoms with Crippen LogP contribution in [0, 0.1) is 6.92 Å². The zero-order chi connectivity index (χ0) is 16.5. The first-order chi connectivity index (χ1) is 9.68. The topological polar surface area (TPSA) is 66.7 Å². The number of nitrogens with zero attached hydrogens (tertiary/aromatic N) is 2. The van der Waals surface area contributed by atoms with E-state index in [0.717, 1.165) is 23.1 Å². The van der Waals surface area contributed by atoms with E-state index in [4.69, 9.17) is 4.55 Å². The van der Waals surface area contributed by atoms with Crippen LogP contribution in [0.3, 0.4) is 0 Å². The second kappa shape index (κ2) is 8.92. The van der Waals surface area contributed by atoms with Gasteiger partial charge in [0.25, 0.3) is 10.1 Å². The third-order valence-corrected chi connectivity index (χ3v) is 4.51. The van der Waals surface area contributed by atoms with Crippen molar-refractivity contribution in [3.05, 3.63) is 29.8 Å². The van der Waals surface area contributed by atoms with Gasteiger partial charge in [-0.15, -0.1) is 0 Å². The van der Waals surface area contributed by atoms with E-state index in [-0.39, 0.29) is 4.90 Å². The Kier molecular flexibility index (Phi) is 8.39. The van der Waals surface area contributed by atoms with E-state index in [9.17, 15) is 8.42 Å². The standard InChI is InChI=1S/C8H19N2.C7H8O3S/c1-5-10(4,6-2)8-7-9-3;1-6-2-4-7(5-3-6)11(8,9)10/h3,5-8H2,1-2,4H3;2-5H,1H3,(H,8,9,10)/q+1;. The molecule has 120 valence electrons. The number of likely N-dealkylation sites (N-methyl/N-ethyl adjacent to an activating group) is 1. The van der Waals surface area contributed by atoms with Gasteiger partial charge in [0.2, 0.25) is 0 Å². The van der Waals surface area contributed by atoms with E-state index >= 15 is 0 Å². The predicted octanol–water partition coefficient (Wildman–Crippen LogP) is 2.42. The number of aryl methyl sites for hydroxylation is 1. The Hall–Kier alpha value is -1.24. The summed E-state index contributed by atoms with van der Waals surface area (Å²) in [7, 11) is -1.76. The van der Waals surface area contributed by atoms with Crippen LogP contribution >= 0.6 is 0 Å². The number of rotatable bonds is 6. The number of aliphatic imine (C=N–C) groups is 1. The molecule has 21 heavy (non-hydrogen) atoms. The van der Waals surface area contributed by atoms with Crippen LogP contribution in [0.5, 0.6) is 0 Å². The van der Waals surface area contributed by atoms with Gasteiger partial charge >= 0.3 is 0 Å². The first-order valence-corrected chi connectivity index (χ1v) is 8.42. The van der Waals surface area contributed by atoms with E-state index in [1.807, 2.05) is 6.92 Å². The molecule has 1 N–H and O–H groups in total. The molecule has 0 aromatic heterocycles. The van der Waals surface area contributed by atoms with Crippen molar-refractivity contribution in [2.75, 3.05) is 33.2 Å². The summed E-state index contributed by atoms with van der Waals surface area (Å²) in [6, 6.07) is 5.99. The lowest BCUT2D eigenvalue weighted by molar-refractivity contribution is -0.904. The van der Waals surface area contributed by atoms with Gasteiger partial charge in [-0.2, -0.15) is 8.42 Å². The molecule has 0 bridgehead atoms. The Morgan fingerprint density at radius 1 is 1.19 bits per heavy atom. The molecule has 1 aromatic carbocycles. The summed E-state index contributed by atoms with van der Waals surface area (Å²) >= 11 is 0. The molecule has 0 heterocycles. The molecule has 0 amide bonds. The van der Waals surface area contributed by atoms with Crippen LogP contribution in [-0.2, 0) is 10.1 Å². The third kappa shape index (κ3) is 7.94. The molecular formula is C15H27N2O3S+. The van der Waals surface area contributed by atoms with Crippen LogP contribution in [0.2, 0.25) is 0 Å². The summed E-state index contributed by atoms with van der Waals surface area (Å²) in [4.78, 5) is 3.78. The summed E-state index contributed by atoms with van der Waals surface area (Å²) in [5.41, 5.74) is 0.956. The summed E-state index contributed by atoms with van der Waals surface area (Å²) in [5, 5.41) is 0. The van der Waals surface area contributed by atoms with Crippen LogP contribution in [0.25, 0.3) is 0 Å². The fourth-order valence-electron chi connectivity index (χ4n) is 1.56. The molecule has 0 unspecified atom stereocenters. The normalized spacial score (nSPS) is 11.5. The van der Waals surface area contributed by atoms with Crippen molar-refractivity contribution in [3.63, 3.8) is 0 Å². The van der Waals surface area contributed by atoms with E-state index < -0.39 is 10.1 Å². The minimum atomic E-state index is -4.02. The minimum absolute atomic E-state index is 0.0666. The van der Waals surface area contributed by atoms with Crippen LogP contribution in [0.1, 0.15) is 19.4 Å². The molecule has 0 saturated carbocycles. The highest BCUT2D eigenvalue weighted by Gasteiger charge is 2.14. The zero-order valence-corrected chi connectivity index (χ0v) is 14.2. The Morgan fingerprint density at radius 2 is 1.67 bits per heavy atom. The smallest absolute Gasteiger partial charge is 0.294 e. The van der Waals surface area contributed by atoms with Crippen molar-refractivity contribution < 1.29 is 17.5 Å². The Balaban J connectivity index is 0.000000384. The molecular weight excluding hydrogens is 288 g/mol. The molecule has 5 nitrogen and oxygen atoms in total. The SMILES string of the molecule is C=NCC[N+](C)(CC)CC.Cc1ccc(S(=O)(=O)O)cc1. The van der Waals surface area contributed by atoms with Crippen molar-refractivity contribution in [2.24, 2.45) is 4.99 Å². The first kappa shape index (κ1) is 19.8. The molecule has 0 fully saturated rings. The fraction of sp³-hybridized carbons (Fsp3) is 0.533. The van der Waals surface area contributed by atoms with Gasteiger partial charge in [0, 0.05) is 0 Å². The molecule has 6 heteroatoms. The highest BCUT2D eigenvalue weighted by Crippen LogP contribution is 2.08.